The third kappa shape index (κ3) is 5.95. The van der Waals surface area contributed by atoms with Crippen molar-refractivity contribution in [3.05, 3.63) is 23.8 Å². The lowest BCUT2D eigenvalue weighted by Gasteiger charge is -2.32. The SMILES string of the molecule is CCOc1cc(CCCN2CCN(C)CC2)ccc1OC(F)F. The number of ether oxygens (including phenoxy) is 2. The van der Waals surface area contributed by atoms with Gasteiger partial charge in [-0.1, -0.05) is 6.07 Å². The molecule has 1 heterocycles. The maximum Gasteiger partial charge on any atom is 0.387 e. The quantitative estimate of drug-likeness (QED) is 0.733. The number of hydrogen-bond acceptors (Lipinski definition) is 4. The molecule has 0 radical (unpaired) electrons. The summed E-state index contributed by atoms with van der Waals surface area (Å²) in [5, 5.41) is 0. The molecule has 0 aromatic heterocycles. The average Bonchev–Trinajstić information content (AvgIpc) is 2.51. The first kappa shape index (κ1) is 17.9. The molecule has 0 atom stereocenters. The molecule has 130 valence electrons. The van der Waals surface area contributed by atoms with E-state index in [2.05, 4.69) is 21.6 Å². The lowest BCUT2D eigenvalue weighted by Crippen LogP contribution is -2.44. The van der Waals surface area contributed by atoms with Crippen LogP contribution in [-0.4, -0.2) is 62.8 Å². The highest BCUT2D eigenvalue weighted by molar-refractivity contribution is 5.43. The molecule has 0 aliphatic carbocycles. The molecule has 0 bridgehead atoms. The minimum atomic E-state index is -2.84. The summed E-state index contributed by atoms with van der Waals surface area (Å²) in [6, 6.07) is 5.22. The molecule has 1 saturated heterocycles. The van der Waals surface area contributed by atoms with Crippen molar-refractivity contribution in [2.45, 2.75) is 26.4 Å². The number of piperazine rings is 1. The molecule has 0 unspecified atom stereocenters. The molecule has 1 aromatic rings. The number of nitrogens with zero attached hydrogens (tertiary/aromatic N) is 2. The fourth-order valence-electron chi connectivity index (χ4n) is 2.75. The Bertz CT molecular complexity index is 478. The summed E-state index contributed by atoms with van der Waals surface area (Å²) in [4.78, 5) is 4.81. The van der Waals surface area contributed by atoms with Crippen molar-refractivity contribution in [2.75, 3.05) is 46.4 Å². The molecule has 0 amide bonds. The summed E-state index contributed by atoms with van der Waals surface area (Å²) >= 11 is 0. The molecule has 1 aliphatic heterocycles. The summed E-state index contributed by atoms with van der Waals surface area (Å²) in [5.41, 5.74) is 1.09. The molecule has 6 heteroatoms. The van der Waals surface area contributed by atoms with E-state index in [4.69, 9.17) is 4.74 Å². The normalized spacial score (nSPS) is 16.7. The van der Waals surface area contributed by atoms with Gasteiger partial charge in [0.25, 0.3) is 0 Å². The largest absolute Gasteiger partial charge is 0.490 e. The summed E-state index contributed by atoms with van der Waals surface area (Å²) in [7, 11) is 2.15. The summed E-state index contributed by atoms with van der Waals surface area (Å²) in [5.74, 6) is 0.495. The Morgan fingerprint density at radius 1 is 1.13 bits per heavy atom. The van der Waals surface area contributed by atoms with Crippen LogP contribution >= 0.6 is 0 Å². The van der Waals surface area contributed by atoms with E-state index in [0.29, 0.717) is 12.4 Å². The molecule has 1 fully saturated rings. The molecular weight excluding hydrogens is 302 g/mol. The number of alkyl halides is 2. The predicted octanol–water partition coefficient (Wildman–Crippen LogP) is 2.87. The van der Waals surface area contributed by atoms with Gasteiger partial charge in [0.2, 0.25) is 0 Å². The fraction of sp³-hybridized carbons (Fsp3) is 0.647. The van der Waals surface area contributed by atoms with Crippen molar-refractivity contribution in [1.29, 1.82) is 0 Å². The van der Waals surface area contributed by atoms with Gasteiger partial charge in [0.15, 0.2) is 11.5 Å². The first-order valence-corrected chi connectivity index (χ1v) is 8.20. The first-order chi connectivity index (χ1) is 11.1. The zero-order valence-electron chi connectivity index (χ0n) is 13.9. The highest BCUT2D eigenvalue weighted by Crippen LogP contribution is 2.30. The third-order valence-electron chi connectivity index (χ3n) is 4.06. The van der Waals surface area contributed by atoms with E-state index < -0.39 is 6.61 Å². The van der Waals surface area contributed by atoms with Gasteiger partial charge >= 0.3 is 6.61 Å². The fourth-order valence-corrected chi connectivity index (χ4v) is 2.75. The van der Waals surface area contributed by atoms with Crippen LogP contribution in [0.25, 0.3) is 0 Å². The molecule has 4 nitrogen and oxygen atoms in total. The number of likely N-dealkylation sites (N-methyl/N-ethyl adjacent to an activating group) is 1. The maximum absolute atomic E-state index is 12.4. The molecule has 1 aromatic carbocycles. The van der Waals surface area contributed by atoms with Gasteiger partial charge in [0, 0.05) is 26.2 Å². The van der Waals surface area contributed by atoms with E-state index >= 15 is 0 Å². The highest BCUT2D eigenvalue weighted by atomic mass is 19.3. The van der Waals surface area contributed by atoms with E-state index in [0.717, 1.165) is 51.1 Å². The molecule has 0 spiro atoms. The van der Waals surface area contributed by atoms with Gasteiger partial charge in [-0.25, -0.2) is 0 Å². The van der Waals surface area contributed by atoms with Crippen LogP contribution in [0.5, 0.6) is 11.5 Å². The minimum absolute atomic E-state index is 0.102. The molecule has 2 rings (SSSR count). The highest BCUT2D eigenvalue weighted by Gasteiger charge is 2.14. The molecular formula is C17H26F2N2O2. The second-order valence-corrected chi connectivity index (χ2v) is 5.84. The molecule has 23 heavy (non-hydrogen) atoms. The van der Waals surface area contributed by atoms with E-state index in [1.165, 1.54) is 0 Å². The Labute approximate surface area is 137 Å². The second-order valence-electron chi connectivity index (χ2n) is 5.84. The van der Waals surface area contributed by atoms with Crippen LogP contribution in [0.4, 0.5) is 8.78 Å². The third-order valence-corrected chi connectivity index (χ3v) is 4.06. The number of halogens is 2. The summed E-state index contributed by atoms with van der Waals surface area (Å²) in [6.45, 7) is 4.94. The van der Waals surface area contributed by atoms with Crippen LogP contribution in [0.2, 0.25) is 0 Å². The lowest BCUT2D eigenvalue weighted by atomic mass is 10.1. The number of benzene rings is 1. The van der Waals surface area contributed by atoms with Gasteiger partial charge in [0.1, 0.15) is 0 Å². The van der Waals surface area contributed by atoms with E-state index in [1.54, 1.807) is 6.07 Å². The van der Waals surface area contributed by atoms with Crippen LogP contribution in [0.1, 0.15) is 18.9 Å². The number of aryl methyl sites for hydroxylation is 1. The smallest absolute Gasteiger partial charge is 0.387 e. The van der Waals surface area contributed by atoms with Gasteiger partial charge in [-0.05, 0) is 51.1 Å². The summed E-state index contributed by atoms with van der Waals surface area (Å²) in [6.07, 6.45) is 1.95. The van der Waals surface area contributed by atoms with Gasteiger partial charge in [-0.2, -0.15) is 8.78 Å². The van der Waals surface area contributed by atoms with Crippen molar-refractivity contribution < 1.29 is 18.3 Å². The zero-order valence-corrected chi connectivity index (χ0v) is 13.9. The van der Waals surface area contributed by atoms with E-state index in [-0.39, 0.29) is 5.75 Å². The first-order valence-electron chi connectivity index (χ1n) is 8.20. The predicted molar refractivity (Wildman–Crippen MR) is 86.5 cm³/mol. The van der Waals surface area contributed by atoms with Gasteiger partial charge in [-0.3, -0.25) is 0 Å². The van der Waals surface area contributed by atoms with Gasteiger partial charge < -0.3 is 19.3 Å². The van der Waals surface area contributed by atoms with Crippen LogP contribution in [0.15, 0.2) is 18.2 Å². The van der Waals surface area contributed by atoms with Crippen molar-refractivity contribution in [3.8, 4) is 11.5 Å². The van der Waals surface area contributed by atoms with Crippen molar-refractivity contribution in [3.63, 3.8) is 0 Å². The van der Waals surface area contributed by atoms with Crippen LogP contribution < -0.4 is 9.47 Å². The second kappa shape index (κ2) is 9.03. The van der Waals surface area contributed by atoms with Gasteiger partial charge in [-0.15, -0.1) is 0 Å². The molecule has 0 N–H and O–H groups in total. The standard InChI is InChI=1S/C17H26F2N2O2/c1-3-22-16-13-14(6-7-15(16)23-17(18)19)5-4-8-21-11-9-20(2)10-12-21/h6-7,13,17H,3-5,8-12H2,1-2H3. The Kier molecular flexibility index (Phi) is 7.05. The summed E-state index contributed by atoms with van der Waals surface area (Å²) < 4.78 is 34.7. The zero-order chi connectivity index (χ0) is 16.7. The van der Waals surface area contributed by atoms with Crippen molar-refractivity contribution >= 4 is 0 Å². The van der Waals surface area contributed by atoms with Crippen molar-refractivity contribution in [1.82, 2.24) is 9.80 Å². The van der Waals surface area contributed by atoms with Crippen molar-refractivity contribution in [2.24, 2.45) is 0 Å². The molecule has 1 aliphatic rings. The lowest BCUT2D eigenvalue weighted by molar-refractivity contribution is -0.0514. The number of hydrogen-bond donors (Lipinski definition) is 0. The van der Waals surface area contributed by atoms with Crippen LogP contribution in [0, 0.1) is 0 Å². The monoisotopic (exact) mass is 328 g/mol. The average molecular weight is 328 g/mol. The Hall–Kier alpha value is -1.40. The van der Waals surface area contributed by atoms with E-state index in [1.807, 2.05) is 19.1 Å². The van der Waals surface area contributed by atoms with Gasteiger partial charge in [0.05, 0.1) is 6.61 Å². The minimum Gasteiger partial charge on any atom is -0.490 e. The Morgan fingerprint density at radius 2 is 1.87 bits per heavy atom. The maximum atomic E-state index is 12.4. The Balaban J connectivity index is 1.85. The van der Waals surface area contributed by atoms with E-state index in [9.17, 15) is 8.78 Å². The molecule has 0 saturated carbocycles. The number of rotatable bonds is 8. The topological polar surface area (TPSA) is 24.9 Å². The van der Waals surface area contributed by atoms with Crippen LogP contribution in [0.3, 0.4) is 0 Å². The Morgan fingerprint density at radius 3 is 2.52 bits per heavy atom. The van der Waals surface area contributed by atoms with Crippen LogP contribution in [-0.2, 0) is 6.42 Å².